The highest BCUT2D eigenvalue weighted by Gasteiger charge is 2.37. The number of hydrogen-bond acceptors (Lipinski definition) is 4. The third-order valence-corrected chi connectivity index (χ3v) is 5.52. The summed E-state index contributed by atoms with van der Waals surface area (Å²) >= 11 is 0. The zero-order valence-electron chi connectivity index (χ0n) is 13.1. The highest BCUT2D eigenvalue weighted by Crippen LogP contribution is 2.23. The van der Waals surface area contributed by atoms with Gasteiger partial charge in [0.1, 0.15) is 6.61 Å². The van der Waals surface area contributed by atoms with Crippen LogP contribution < -0.4 is 5.32 Å². The van der Waals surface area contributed by atoms with Gasteiger partial charge in [0.2, 0.25) is 15.9 Å². The number of methoxy groups -OCH3 is 1. The molecule has 1 heterocycles. The van der Waals surface area contributed by atoms with Gasteiger partial charge in [-0.1, -0.05) is 26.0 Å². The summed E-state index contributed by atoms with van der Waals surface area (Å²) in [6, 6.07) is 6.82. The Morgan fingerprint density at radius 1 is 1.32 bits per heavy atom. The van der Waals surface area contributed by atoms with Crippen molar-refractivity contribution in [1.82, 2.24) is 9.62 Å². The van der Waals surface area contributed by atoms with Gasteiger partial charge >= 0.3 is 0 Å². The minimum absolute atomic E-state index is 0.0140. The van der Waals surface area contributed by atoms with Gasteiger partial charge in [0.05, 0.1) is 10.9 Å². The molecule has 7 heteroatoms. The van der Waals surface area contributed by atoms with E-state index in [1.807, 2.05) is 12.1 Å². The van der Waals surface area contributed by atoms with Crippen molar-refractivity contribution >= 4 is 15.9 Å². The number of amides is 1. The number of carbonyl (C=O) groups excluding carboxylic acids is 1. The Balaban J connectivity index is 1.97. The van der Waals surface area contributed by atoms with Crippen molar-refractivity contribution < 1.29 is 17.9 Å². The first-order valence-corrected chi connectivity index (χ1v) is 8.67. The second-order valence-corrected chi connectivity index (χ2v) is 7.68. The number of carbonyl (C=O) groups is 1. The van der Waals surface area contributed by atoms with Gasteiger partial charge in [0.25, 0.3) is 0 Å². The van der Waals surface area contributed by atoms with E-state index in [-0.39, 0.29) is 18.6 Å². The maximum absolute atomic E-state index is 12.4. The number of nitrogens with zero attached hydrogens (tertiary/aromatic N) is 1. The van der Waals surface area contributed by atoms with Crippen molar-refractivity contribution in [1.29, 1.82) is 0 Å². The molecule has 0 radical (unpaired) electrons. The lowest BCUT2D eigenvalue weighted by Gasteiger charge is -2.38. The number of nitrogens with one attached hydrogen (secondary N) is 1. The number of ether oxygens (including phenoxy) is 1. The Morgan fingerprint density at radius 3 is 2.41 bits per heavy atom. The summed E-state index contributed by atoms with van der Waals surface area (Å²) in [6.07, 6.45) is 0. The van der Waals surface area contributed by atoms with Crippen LogP contribution in [0.15, 0.2) is 29.2 Å². The van der Waals surface area contributed by atoms with Crippen LogP contribution in [0.5, 0.6) is 0 Å². The van der Waals surface area contributed by atoms with E-state index >= 15 is 0 Å². The van der Waals surface area contributed by atoms with E-state index in [0.29, 0.717) is 23.9 Å². The van der Waals surface area contributed by atoms with Gasteiger partial charge in [-0.3, -0.25) is 4.79 Å². The maximum Gasteiger partial charge on any atom is 0.246 e. The Kier molecular flexibility index (Phi) is 5.20. The van der Waals surface area contributed by atoms with E-state index in [1.54, 1.807) is 12.1 Å². The van der Waals surface area contributed by atoms with Crippen molar-refractivity contribution in [2.45, 2.75) is 30.7 Å². The van der Waals surface area contributed by atoms with Crippen LogP contribution in [-0.2, 0) is 19.6 Å². The molecule has 1 aliphatic rings. The molecule has 1 amide bonds. The van der Waals surface area contributed by atoms with Gasteiger partial charge in [-0.2, -0.15) is 4.31 Å². The molecule has 0 aromatic heterocycles. The fourth-order valence-corrected chi connectivity index (χ4v) is 3.83. The van der Waals surface area contributed by atoms with Gasteiger partial charge in [0.15, 0.2) is 0 Å². The smallest absolute Gasteiger partial charge is 0.246 e. The lowest BCUT2D eigenvalue weighted by Crippen LogP contribution is -2.61. The van der Waals surface area contributed by atoms with Gasteiger partial charge in [-0.15, -0.1) is 0 Å². The quantitative estimate of drug-likeness (QED) is 0.844. The van der Waals surface area contributed by atoms with Gasteiger partial charge < -0.3 is 10.1 Å². The monoisotopic (exact) mass is 326 g/mol. The lowest BCUT2D eigenvalue weighted by atomic mass is 10.0. The molecule has 0 saturated carbocycles. The Bertz CT molecular complexity index is 619. The maximum atomic E-state index is 12.4. The zero-order valence-corrected chi connectivity index (χ0v) is 13.9. The van der Waals surface area contributed by atoms with Crippen LogP contribution in [0.1, 0.15) is 25.3 Å². The molecule has 22 heavy (non-hydrogen) atoms. The van der Waals surface area contributed by atoms with Crippen LogP contribution in [0.25, 0.3) is 0 Å². The lowest BCUT2D eigenvalue weighted by molar-refractivity contribution is -0.126. The molecule has 1 fully saturated rings. The Morgan fingerprint density at radius 2 is 1.91 bits per heavy atom. The minimum Gasteiger partial charge on any atom is -0.375 e. The van der Waals surface area contributed by atoms with Gasteiger partial charge in [-0.25, -0.2) is 8.42 Å². The van der Waals surface area contributed by atoms with Crippen LogP contribution >= 0.6 is 0 Å². The van der Waals surface area contributed by atoms with E-state index in [1.165, 1.54) is 11.4 Å². The van der Waals surface area contributed by atoms with Crippen LogP contribution in [0, 0.1) is 0 Å². The molecule has 0 spiro atoms. The second kappa shape index (κ2) is 6.76. The summed E-state index contributed by atoms with van der Waals surface area (Å²) in [4.78, 5) is 11.7. The molecule has 1 aromatic carbocycles. The van der Waals surface area contributed by atoms with Crippen molar-refractivity contribution in [3.05, 3.63) is 29.8 Å². The highest BCUT2D eigenvalue weighted by atomic mass is 32.2. The number of hydrogen-bond donors (Lipinski definition) is 1. The van der Waals surface area contributed by atoms with Crippen molar-refractivity contribution in [3.63, 3.8) is 0 Å². The molecule has 1 N–H and O–H groups in total. The summed E-state index contributed by atoms with van der Waals surface area (Å²) in [5.41, 5.74) is 1.10. The SMILES string of the molecule is COCC(=O)NC1CN(S(=O)(=O)c2ccc(C(C)C)cc2)C1. The largest absolute Gasteiger partial charge is 0.375 e. The Hall–Kier alpha value is -1.44. The average molecular weight is 326 g/mol. The van der Waals surface area contributed by atoms with E-state index in [0.717, 1.165) is 5.56 Å². The molecule has 0 aliphatic carbocycles. The van der Waals surface area contributed by atoms with Crippen molar-refractivity contribution in [3.8, 4) is 0 Å². The predicted molar refractivity (Wildman–Crippen MR) is 83.1 cm³/mol. The van der Waals surface area contributed by atoms with Gasteiger partial charge in [0, 0.05) is 20.2 Å². The molecular weight excluding hydrogens is 304 g/mol. The average Bonchev–Trinajstić information content (AvgIpc) is 2.42. The molecule has 0 atom stereocenters. The third-order valence-electron chi connectivity index (χ3n) is 3.67. The van der Waals surface area contributed by atoms with E-state index < -0.39 is 10.0 Å². The van der Waals surface area contributed by atoms with Crippen LogP contribution in [-0.4, -0.2) is 51.5 Å². The van der Waals surface area contributed by atoms with Gasteiger partial charge in [-0.05, 0) is 23.6 Å². The van der Waals surface area contributed by atoms with Crippen molar-refractivity contribution in [2.24, 2.45) is 0 Å². The molecule has 6 nitrogen and oxygen atoms in total. The predicted octanol–water partition coefficient (Wildman–Crippen LogP) is 0.946. The minimum atomic E-state index is -3.47. The van der Waals surface area contributed by atoms with Crippen LogP contribution in [0.2, 0.25) is 0 Å². The standard InChI is InChI=1S/C15H22N2O4S/c1-11(2)12-4-6-14(7-5-12)22(19,20)17-8-13(9-17)16-15(18)10-21-3/h4-7,11,13H,8-10H2,1-3H3,(H,16,18). The third kappa shape index (κ3) is 3.66. The normalized spacial score (nSPS) is 16.5. The molecular formula is C15H22N2O4S. The summed E-state index contributed by atoms with van der Waals surface area (Å²) in [7, 11) is -2.03. The van der Waals surface area contributed by atoms with E-state index in [2.05, 4.69) is 19.2 Å². The number of rotatable bonds is 6. The topological polar surface area (TPSA) is 75.7 Å². The zero-order chi connectivity index (χ0) is 16.3. The number of benzene rings is 1. The Labute approximate surface area is 131 Å². The molecule has 122 valence electrons. The number of sulfonamides is 1. The molecule has 1 saturated heterocycles. The van der Waals surface area contributed by atoms with E-state index in [9.17, 15) is 13.2 Å². The molecule has 1 aliphatic heterocycles. The second-order valence-electron chi connectivity index (χ2n) is 5.74. The molecule has 1 aromatic rings. The first-order chi connectivity index (χ1) is 10.3. The highest BCUT2D eigenvalue weighted by molar-refractivity contribution is 7.89. The fourth-order valence-electron chi connectivity index (χ4n) is 2.30. The van der Waals surface area contributed by atoms with E-state index in [4.69, 9.17) is 4.74 Å². The molecule has 0 bridgehead atoms. The summed E-state index contributed by atoms with van der Waals surface area (Å²) in [5, 5.41) is 2.72. The molecule has 2 rings (SSSR count). The van der Waals surface area contributed by atoms with Crippen molar-refractivity contribution in [2.75, 3.05) is 26.8 Å². The fraction of sp³-hybridized carbons (Fsp3) is 0.533. The molecule has 0 unspecified atom stereocenters. The summed E-state index contributed by atoms with van der Waals surface area (Å²) in [6.45, 7) is 4.70. The summed E-state index contributed by atoms with van der Waals surface area (Å²) in [5.74, 6) is 0.131. The first kappa shape index (κ1) is 16.9. The summed E-state index contributed by atoms with van der Waals surface area (Å²) < 4.78 is 31.0. The van der Waals surface area contributed by atoms with Crippen LogP contribution in [0.4, 0.5) is 0 Å². The first-order valence-electron chi connectivity index (χ1n) is 7.23. The van der Waals surface area contributed by atoms with Crippen LogP contribution in [0.3, 0.4) is 0 Å².